The molecule has 0 aliphatic heterocycles. The Bertz CT molecular complexity index is 447. The molecular formula is C13H18F3N3O. The van der Waals surface area contributed by atoms with Crippen molar-refractivity contribution in [3.63, 3.8) is 0 Å². The highest BCUT2D eigenvalue weighted by Gasteiger charge is 2.32. The Labute approximate surface area is 115 Å². The summed E-state index contributed by atoms with van der Waals surface area (Å²) in [5.41, 5.74) is 5.12. The van der Waals surface area contributed by atoms with Crippen LogP contribution >= 0.6 is 0 Å². The van der Waals surface area contributed by atoms with E-state index in [1.54, 1.807) is 0 Å². The number of anilines is 2. The molecule has 1 saturated carbocycles. The molecular weight excluding hydrogens is 271 g/mol. The molecule has 7 heteroatoms. The maximum Gasteiger partial charge on any atom is 0.433 e. The number of pyridine rings is 1. The van der Waals surface area contributed by atoms with Crippen LogP contribution in [0.5, 0.6) is 0 Å². The molecule has 0 radical (unpaired) electrons. The van der Waals surface area contributed by atoms with Gasteiger partial charge in [0.1, 0.15) is 5.69 Å². The van der Waals surface area contributed by atoms with Gasteiger partial charge in [-0.15, -0.1) is 0 Å². The molecule has 4 nitrogen and oxygen atoms in total. The van der Waals surface area contributed by atoms with Crippen molar-refractivity contribution in [2.75, 3.05) is 30.8 Å². The number of nitrogens with zero attached hydrogens (tertiary/aromatic N) is 1. The third kappa shape index (κ3) is 4.56. The fourth-order valence-electron chi connectivity index (χ4n) is 1.71. The van der Waals surface area contributed by atoms with Crippen LogP contribution in [0.1, 0.15) is 25.0 Å². The van der Waals surface area contributed by atoms with Gasteiger partial charge < -0.3 is 15.8 Å². The predicted octanol–water partition coefficient (Wildman–Crippen LogP) is 2.91. The molecule has 0 aromatic carbocycles. The first-order valence-electron chi connectivity index (χ1n) is 6.61. The molecule has 20 heavy (non-hydrogen) atoms. The van der Waals surface area contributed by atoms with E-state index in [0.29, 0.717) is 19.1 Å². The van der Waals surface area contributed by atoms with Gasteiger partial charge in [-0.1, -0.05) is 0 Å². The van der Waals surface area contributed by atoms with Crippen LogP contribution in [0.4, 0.5) is 24.5 Å². The first kappa shape index (κ1) is 14.9. The number of ether oxygens (including phenoxy) is 1. The van der Waals surface area contributed by atoms with Gasteiger partial charge in [-0.2, -0.15) is 13.2 Å². The van der Waals surface area contributed by atoms with Crippen LogP contribution < -0.4 is 11.1 Å². The van der Waals surface area contributed by atoms with E-state index >= 15 is 0 Å². The summed E-state index contributed by atoms with van der Waals surface area (Å²) in [6.45, 7) is 1.90. The molecule has 2 rings (SSSR count). The molecule has 3 N–H and O–H groups in total. The third-order valence-corrected chi connectivity index (χ3v) is 3.06. The summed E-state index contributed by atoms with van der Waals surface area (Å²) < 4.78 is 43.0. The van der Waals surface area contributed by atoms with Crippen LogP contribution in [0.3, 0.4) is 0 Å². The molecule has 0 spiro atoms. The molecule has 1 aliphatic rings. The lowest BCUT2D eigenvalue weighted by Crippen LogP contribution is -2.12. The number of nitrogens with one attached hydrogen (secondary N) is 1. The molecule has 0 atom stereocenters. The van der Waals surface area contributed by atoms with Gasteiger partial charge in [-0.3, -0.25) is 0 Å². The number of rotatable bonds is 7. The van der Waals surface area contributed by atoms with Gasteiger partial charge in [-0.25, -0.2) is 4.98 Å². The number of nitrogens with two attached hydrogens (primary N) is 1. The fourth-order valence-corrected chi connectivity index (χ4v) is 1.71. The number of nitrogen functional groups attached to an aromatic ring is 1. The lowest BCUT2D eigenvalue weighted by atomic mass is 10.2. The fraction of sp³-hybridized carbons (Fsp3) is 0.615. The monoisotopic (exact) mass is 289 g/mol. The first-order valence-corrected chi connectivity index (χ1v) is 6.61. The average Bonchev–Trinajstić information content (AvgIpc) is 3.18. The second-order valence-corrected chi connectivity index (χ2v) is 4.95. The normalized spacial score (nSPS) is 15.3. The SMILES string of the molecule is Nc1cnc(C(F)(F)F)cc1NCCCOCC1CC1. The molecule has 1 aliphatic carbocycles. The third-order valence-electron chi connectivity index (χ3n) is 3.06. The first-order chi connectivity index (χ1) is 9.47. The van der Waals surface area contributed by atoms with E-state index in [0.717, 1.165) is 25.3 Å². The van der Waals surface area contributed by atoms with Crippen molar-refractivity contribution in [3.8, 4) is 0 Å². The van der Waals surface area contributed by atoms with Crippen LogP contribution in [0, 0.1) is 5.92 Å². The van der Waals surface area contributed by atoms with Crippen LogP contribution in [0.25, 0.3) is 0 Å². The highest BCUT2D eigenvalue weighted by Crippen LogP contribution is 2.31. The van der Waals surface area contributed by atoms with E-state index in [9.17, 15) is 13.2 Å². The van der Waals surface area contributed by atoms with Crippen LogP contribution in [-0.2, 0) is 10.9 Å². The highest BCUT2D eigenvalue weighted by molar-refractivity contribution is 5.65. The minimum absolute atomic E-state index is 0.205. The number of hydrogen-bond donors (Lipinski definition) is 2. The minimum atomic E-state index is -4.46. The molecule has 1 fully saturated rings. The van der Waals surface area contributed by atoms with Crippen molar-refractivity contribution in [3.05, 3.63) is 18.0 Å². The van der Waals surface area contributed by atoms with Crippen molar-refractivity contribution in [1.82, 2.24) is 4.98 Å². The Balaban J connectivity index is 1.76. The second-order valence-electron chi connectivity index (χ2n) is 4.95. The van der Waals surface area contributed by atoms with Gasteiger partial charge in [-0.05, 0) is 31.2 Å². The molecule has 0 amide bonds. The lowest BCUT2D eigenvalue weighted by Gasteiger charge is -2.12. The number of alkyl halides is 3. The number of aromatic nitrogens is 1. The summed E-state index contributed by atoms with van der Waals surface area (Å²) >= 11 is 0. The Kier molecular flexibility index (Phi) is 4.69. The highest BCUT2D eigenvalue weighted by atomic mass is 19.4. The van der Waals surface area contributed by atoms with E-state index in [1.165, 1.54) is 12.8 Å². The standard InChI is InChI=1S/C13H18F3N3O/c14-13(15,16)12-6-11(10(17)7-19-12)18-4-1-5-20-8-9-2-3-9/h6-7,9H,1-5,8,17H2,(H,18,19). The number of halogens is 3. The minimum Gasteiger partial charge on any atom is -0.396 e. The second kappa shape index (κ2) is 6.30. The van der Waals surface area contributed by atoms with E-state index in [1.807, 2.05) is 0 Å². The van der Waals surface area contributed by atoms with Gasteiger partial charge >= 0.3 is 6.18 Å². The summed E-state index contributed by atoms with van der Waals surface area (Å²) in [5.74, 6) is 0.716. The van der Waals surface area contributed by atoms with Gasteiger partial charge in [0.15, 0.2) is 0 Å². The summed E-state index contributed by atoms with van der Waals surface area (Å²) in [5, 5.41) is 2.88. The van der Waals surface area contributed by atoms with Gasteiger partial charge in [0.25, 0.3) is 0 Å². The predicted molar refractivity (Wildman–Crippen MR) is 70.3 cm³/mol. The van der Waals surface area contributed by atoms with E-state index in [4.69, 9.17) is 10.5 Å². The number of hydrogen-bond acceptors (Lipinski definition) is 4. The van der Waals surface area contributed by atoms with Crippen molar-refractivity contribution < 1.29 is 17.9 Å². The molecule has 112 valence electrons. The molecule has 1 heterocycles. The Hall–Kier alpha value is -1.50. The zero-order valence-electron chi connectivity index (χ0n) is 11.0. The largest absolute Gasteiger partial charge is 0.433 e. The molecule has 1 aromatic rings. The zero-order valence-corrected chi connectivity index (χ0v) is 11.0. The molecule has 1 aromatic heterocycles. The van der Waals surface area contributed by atoms with E-state index < -0.39 is 11.9 Å². The Morgan fingerprint density at radius 1 is 1.40 bits per heavy atom. The molecule has 0 saturated heterocycles. The van der Waals surface area contributed by atoms with Crippen LogP contribution in [-0.4, -0.2) is 24.7 Å². The van der Waals surface area contributed by atoms with Gasteiger partial charge in [0.05, 0.1) is 17.6 Å². The lowest BCUT2D eigenvalue weighted by molar-refractivity contribution is -0.141. The molecule has 0 bridgehead atoms. The van der Waals surface area contributed by atoms with E-state index in [-0.39, 0.29) is 11.4 Å². The Morgan fingerprint density at radius 3 is 2.80 bits per heavy atom. The van der Waals surface area contributed by atoms with Gasteiger partial charge in [0, 0.05) is 19.8 Å². The van der Waals surface area contributed by atoms with Crippen LogP contribution in [0.15, 0.2) is 12.3 Å². The maximum atomic E-state index is 12.5. The van der Waals surface area contributed by atoms with Crippen molar-refractivity contribution in [2.24, 2.45) is 5.92 Å². The summed E-state index contributed by atoms with van der Waals surface area (Å²) in [6.07, 6.45) is -0.236. The van der Waals surface area contributed by atoms with Crippen molar-refractivity contribution in [1.29, 1.82) is 0 Å². The summed E-state index contributed by atoms with van der Waals surface area (Å²) in [6, 6.07) is 0.931. The van der Waals surface area contributed by atoms with Crippen molar-refractivity contribution >= 4 is 11.4 Å². The average molecular weight is 289 g/mol. The topological polar surface area (TPSA) is 60.2 Å². The quantitative estimate of drug-likeness (QED) is 0.758. The van der Waals surface area contributed by atoms with Gasteiger partial charge in [0.2, 0.25) is 0 Å². The summed E-state index contributed by atoms with van der Waals surface area (Å²) in [4.78, 5) is 3.28. The maximum absolute atomic E-state index is 12.5. The zero-order chi connectivity index (χ0) is 14.6. The Morgan fingerprint density at radius 2 is 2.15 bits per heavy atom. The van der Waals surface area contributed by atoms with Crippen molar-refractivity contribution in [2.45, 2.75) is 25.4 Å². The summed E-state index contributed by atoms with van der Waals surface area (Å²) in [7, 11) is 0. The van der Waals surface area contributed by atoms with E-state index in [2.05, 4.69) is 10.3 Å². The van der Waals surface area contributed by atoms with Crippen LogP contribution in [0.2, 0.25) is 0 Å². The smallest absolute Gasteiger partial charge is 0.396 e. The molecule has 0 unspecified atom stereocenters.